The molecule has 0 saturated heterocycles. The van der Waals surface area contributed by atoms with Crippen LogP contribution in [0.25, 0.3) is 10.9 Å². The normalized spacial score (nSPS) is 10.9. The Kier molecular flexibility index (Phi) is 2.07. The molecule has 1 aromatic heterocycles. The van der Waals surface area contributed by atoms with Gasteiger partial charge in [0.05, 0.1) is 6.61 Å². The molecule has 2 aromatic rings. The molecule has 0 aliphatic heterocycles. The van der Waals surface area contributed by atoms with Gasteiger partial charge in [0, 0.05) is 23.6 Å². The quantitative estimate of drug-likeness (QED) is 0.741. The van der Waals surface area contributed by atoms with Gasteiger partial charge in [-0.15, -0.1) is 0 Å². The lowest BCUT2D eigenvalue weighted by Gasteiger charge is -2.02. The van der Waals surface area contributed by atoms with Gasteiger partial charge in [0.2, 0.25) is 0 Å². The highest BCUT2D eigenvalue weighted by atomic mass is 16.3. The number of benzene rings is 1. The molecule has 0 bridgehead atoms. The summed E-state index contributed by atoms with van der Waals surface area (Å²) in [5, 5.41) is 10.1. The fourth-order valence-electron chi connectivity index (χ4n) is 1.68. The zero-order valence-electron chi connectivity index (χ0n) is 7.70. The third-order valence-electron chi connectivity index (χ3n) is 2.37. The monoisotopic (exact) mass is 175 g/mol. The van der Waals surface area contributed by atoms with Gasteiger partial charge < -0.3 is 9.67 Å². The summed E-state index contributed by atoms with van der Waals surface area (Å²) in [6.07, 6.45) is 2.02. The van der Waals surface area contributed by atoms with Gasteiger partial charge in [-0.05, 0) is 24.6 Å². The Balaban J connectivity index is 2.61. The van der Waals surface area contributed by atoms with Crippen molar-refractivity contribution in [3.8, 4) is 0 Å². The number of hydrogen-bond donors (Lipinski definition) is 1. The maximum absolute atomic E-state index is 8.85. The van der Waals surface area contributed by atoms with Gasteiger partial charge >= 0.3 is 0 Å². The van der Waals surface area contributed by atoms with Crippen LogP contribution in [0.2, 0.25) is 0 Å². The van der Waals surface area contributed by atoms with E-state index in [0.29, 0.717) is 6.54 Å². The summed E-state index contributed by atoms with van der Waals surface area (Å²) < 4.78 is 2.07. The van der Waals surface area contributed by atoms with E-state index >= 15 is 0 Å². The molecule has 0 fully saturated rings. The van der Waals surface area contributed by atoms with Crippen molar-refractivity contribution in [1.29, 1.82) is 0 Å². The Labute approximate surface area is 77.4 Å². The Morgan fingerprint density at radius 3 is 2.92 bits per heavy atom. The molecule has 0 spiro atoms. The average Bonchev–Trinajstić information content (AvgIpc) is 2.51. The maximum atomic E-state index is 8.85. The zero-order valence-corrected chi connectivity index (χ0v) is 7.70. The van der Waals surface area contributed by atoms with Gasteiger partial charge in [0.1, 0.15) is 0 Å². The minimum Gasteiger partial charge on any atom is -0.395 e. The van der Waals surface area contributed by atoms with E-state index in [9.17, 15) is 0 Å². The summed E-state index contributed by atoms with van der Waals surface area (Å²) in [5.74, 6) is 0. The maximum Gasteiger partial charge on any atom is 0.0610 e. The van der Waals surface area contributed by atoms with Crippen LogP contribution in [0.1, 0.15) is 5.56 Å². The van der Waals surface area contributed by atoms with Crippen LogP contribution in [0.15, 0.2) is 30.5 Å². The van der Waals surface area contributed by atoms with Crippen LogP contribution in [0.3, 0.4) is 0 Å². The molecule has 0 radical (unpaired) electrons. The first-order chi connectivity index (χ1) is 6.33. The van der Waals surface area contributed by atoms with E-state index in [-0.39, 0.29) is 6.61 Å². The van der Waals surface area contributed by atoms with Gasteiger partial charge in [-0.25, -0.2) is 0 Å². The second-order valence-corrected chi connectivity index (χ2v) is 3.24. The largest absolute Gasteiger partial charge is 0.395 e. The van der Waals surface area contributed by atoms with Crippen molar-refractivity contribution < 1.29 is 5.11 Å². The Bertz CT molecular complexity index is 417. The van der Waals surface area contributed by atoms with Crippen LogP contribution in [-0.4, -0.2) is 16.3 Å². The minimum atomic E-state index is 0.192. The van der Waals surface area contributed by atoms with Crippen molar-refractivity contribution in [2.75, 3.05) is 6.61 Å². The molecule has 0 saturated carbocycles. The van der Waals surface area contributed by atoms with E-state index in [1.165, 1.54) is 16.5 Å². The molecule has 0 atom stereocenters. The van der Waals surface area contributed by atoms with Crippen LogP contribution >= 0.6 is 0 Å². The third-order valence-corrected chi connectivity index (χ3v) is 2.37. The van der Waals surface area contributed by atoms with Crippen molar-refractivity contribution in [1.82, 2.24) is 4.57 Å². The Morgan fingerprint density at radius 1 is 1.31 bits per heavy atom. The van der Waals surface area contributed by atoms with Crippen molar-refractivity contribution in [3.05, 3.63) is 36.0 Å². The van der Waals surface area contributed by atoms with E-state index in [0.717, 1.165) is 0 Å². The van der Waals surface area contributed by atoms with E-state index in [1.54, 1.807) is 0 Å². The number of aliphatic hydroxyl groups excluding tert-OH is 1. The molecular weight excluding hydrogens is 162 g/mol. The van der Waals surface area contributed by atoms with E-state index < -0.39 is 0 Å². The van der Waals surface area contributed by atoms with Crippen LogP contribution in [0.5, 0.6) is 0 Å². The van der Waals surface area contributed by atoms with Crippen LogP contribution < -0.4 is 0 Å². The highest BCUT2D eigenvalue weighted by molar-refractivity contribution is 5.83. The van der Waals surface area contributed by atoms with Crippen LogP contribution in [0.4, 0.5) is 0 Å². The van der Waals surface area contributed by atoms with Gasteiger partial charge in [-0.3, -0.25) is 0 Å². The number of nitrogens with zero attached hydrogens (tertiary/aromatic N) is 1. The molecule has 0 amide bonds. The van der Waals surface area contributed by atoms with Gasteiger partial charge in [0.15, 0.2) is 0 Å². The number of aromatic nitrogens is 1. The van der Waals surface area contributed by atoms with Gasteiger partial charge in [-0.2, -0.15) is 0 Å². The number of aryl methyl sites for hydroxylation is 1. The summed E-state index contributed by atoms with van der Waals surface area (Å²) >= 11 is 0. The second-order valence-electron chi connectivity index (χ2n) is 3.24. The standard InChI is InChI=1S/C11H13NO/c1-9-3-2-4-11-10(9)5-6-12(11)7-8-13/h2-6,13H,7-8H2,1H3. The summed E-state index contributed by atoms with van der Waals surface area (Å²) in [5.41, 5.74) is 2.49. The zero-order chi connectivity index (χ0) is 9.26. The van der Waals surface area contributed by atoms with Crippen LogP contribution in [0, 0.1) is 6.92 Å². The molecule has 68 valence electrons. The second kappa shape index (κ2) is 3.23. The highest BCUT2D eigenvalue weighted by Gasteiger charge is 2.00. The van der Waals surface area contributed by atoms with Gasteiger partial charge in [0.25, 0.3) is 0 Å². The molecule has 0 unspecified atom stereocenters. The lowest BCUT2D eigenvalue weighted by atomic mass is 10.1. The molecule has 2 nitrogen and oxygen atoms in total. The molecule has 2 heteroatoms. The first kappa shape index (κ1) is 8.32. The molecular formula is C11H13NO. The SMILES string of the molecule is Cc1cccc2c1ccn2CCO. The third kappa shape index (κ3) is 1.33. The number of hydrogen-bond acceptors (Lipinski definition) is 1. The predicted octanol–water partition coefficient (Wildman–Crippen LogP) is 1.94. The first-order valence-electron chi connectivity index (χ1n) is 4.48. The molecule has 1 heterocycles. The number of rotatable bonds is 2. The molecule has 2 rings (SSSR count). The van der Waals surface area contributed by atoms with Crippen molar-refractivity contribution in [2.24, 2.45) is 0 Å². The fourth-order valence-corrected chi connectivity index (χ4v) is 1.68. The van der Waals surface area contributed by atoms with E-state index in [2.05, 4.69) is 29.7 Å². The smallest absolute Gasteiger partial charge is 0.0610 e. The lowest BCUT2D eigenvalue weighted by Crippen LogP contribution is -1.99. The number of aliphatic hydroxyl groups is 1. The molecule has 1 aromatic carbocycles. The first-order valence-corrected chi connectivity index (χ1v) is 4.48. The summed E-state index contributed by atoms with van der Waals surface area (Å²) in [7, 11) is 0. The van der Waals surface area contributed by atoms with Crippen LogP contribution in [-0.2, 0) is 6.54 Å². The van der Waals surface area contributed by atoms with Crippen molar-refractivity contribution in [3.63, 3.8) is 0 Å². The summed E-state index contributed by atoms with van der Waals surface area (Å²) in [6, 6.07) is 8.33. The predicted molar refractivity (Wildman–Crippen MR) is 53.8 cm³/mol. The summed E-state index contributed by atoms with van der Waals surface area (Å²) in [6.45, 7) is 2.97. The molecule has 0 aliphatic rings. The van der Waals surface area contributed by atoms with E-state index in [4.69, 9.17) is 5.11 Å². The molecule has 0 aliphatic carbocycles. The fraction of sp³-hybridized carbons (Fsp3) is 0.273. The molecule has 1 N–H and O–H groups in total. The van der Waals surface area contributed by atoms with Gasteiger partial charge in [-0.1, -0.05) is 12.1 Å². The van der Waals surface area contributed by atoms with Crippen molar-refractivity contribution >= 4 is 10.9 Å². The Hall–Kier alpha value is -1.28. The Morgan fingerprint density at radius 2 is 2.15 bits per heavy atom. The number of fused-ring (bicyclic) bond motifs is 1. The van der Waals surface area contributed by atoms with Crippen molar-refractivity contribution in [2.45, 2.75) is 13.5 Å². The highest BCUT2D eigenvalue weighted by Crippen LogP contribution is 2.18. The summed E-state index contributed by atoms with van der Waals surface area (Å²) in [4.78, 5) is 0. The average molecular weight is 175 g/mol. The lowest BCUT2D eigenvalue weighted by molar-refractivity contribution is 0.278. The molecule has 13 heavy (non-hydrogen) atoms. The topological polar surface area (TPSA) is 25.2 Å². The van der Waals surface area contributed by atoms with E-state index in [1.807, 2.05) is 12.3 Å². The minimum absolute atomic E-state index is 0.192.